The van der Waals surface area contributed by atoms with Crippen molar-refractivity contribution in [3.63, 3.8) is 0 Å². The van der Waals surface area contributed by atoms with Crippen LogP contribution >= 0.6 is 0 Å². The van der Waals surface area contributed by atoms with E-state index in [1.54, 1.807) is 6.21 Å². The molecule has 0 heterocycles. The van der Waals surface area contributed by atoms with E-state index in [4.69, 9.17) is 0 Å². The summed E-state index contributed by atoms with van der Waals surface area (Å²) in [5.74, 6) is -0.00571. The van der Waals surface area contributed by atoms with Gasteiger partial charge in [-0.05, 0) is 24.8 Å². The Hall–Kier alpha value is -1.90. The molecule has 1 N–H and O–H groups in total. The average molecular weight is 286 g/mol. The van der Waals surface area contributed by atoms with Gasteiger partial charge in [0.25, 0.3) is 0 Å². The van der Waals surface area contributed by atoms with Crippen LogP contribution in [0.5, 0.6) is 0 Å². The first-order chi connectivity index (χ1) is 10.3. The van der Waals surface area contributed by atoms with Gasteiger partial charge in [0, 0.05) is 6.42 Å². The summed E-state index contributed by atoms with van der Waals surface area (Å²) in [5.41, 5.74) is 3.55. The molecule has 0 radical (unpaired) electrons. The Kier molecular flexibility index (Phi) is 9.71. The summed E-state index contributed by atoms with van der Waals surface area (Å²) < 4.78 is 0. The van der Waals surface area contributed by atoms with Crippen molar-refractivity contribution >= 4 is 12.1 Å². The molecule has 0 spiro atoms. The zero-order valence-corrected chi connectivity index (χ0v) is 12.8. The maximum Gasteiger partial charge on any atom is 0.240 e. The van der Waals surface area contributed by atoms with Crippen LogP contribution < -0.4 is 5.43 Å². The monoisotopic (exact) mass is 286 g/mol. The van der Waals surface area contributed by atoms with E-state index in [1.807, 2.05) is 36.4 Å². The van der Waals surface area contributed by atoms with Crippen molar-refractivity contribution in [1.29, 1.82) is 0 Å². The second-order valence-corrected chi connectivity index (χ2v) is 5.15. The Morgan fingerprint density at radius 2 is 1.71 bits per heavy atom. The summed E-state index contributed by atoms with van der Waals surface area (Å²) in [5, 5.41) is 3.96. The SMILES string of the molecule is C=CCCCCCCCCC(=O)NN=Cc1ccccc1. The maximum absolute atomic E-state index is 11.6. The molecule has 114 valence electrons. The lowest BCUT2D eigenvalue weighted by atomic mass is 10.1. The van der Waals surface area contributed by atoms with Crippen LogP contribution in [0.2, 0.25) is 0 Å². The number of nitrogens with one attached hydrogen (secondary N) is 1. The molecule has 0 bridgehead atoms. The molecule has 21 heavy (non-hydrogen) atoms. The van der Waals surface area contributed by atoms with Crippen LogP contribution in [0.15, 0.2) is 48.1 Å². The topological polar surface area (TPSA) is 41.5 Å². The Bertz CT molecular complexity index is 426. The normalized spacial score (nSPS) is 10.7. The van der Waals surface area contributed by atoms with E-state index < -0.39 is 0 Å². The van der Waals surface area contributed by atoms with Crippen molar-refractivity contribution in [2.75, 3.05) is 0 Å². The van der Waals surface area contributed by atoms with Crippen molar-refractivity contribution in [3.8, 4) is 0 Å². The molecular formula is C18H26N2O. The van der Waals surface area contributed by atoms with E-state index in [0.717, 1.165) is 24.8 Å². The smallest absolute Gasteiger partial charge is 0.240 e. The zero-order valence-electron chi connectivity index (χ0n) is 12.8. The molecule has 1 amide bonds. The summed E-state index contributed by atoms with van der Waals surface area (Å²) in [6.45, 7) is 3.72. The number of rotatable bonds is 11. The number of carbonyl (C=O) groups excluding carboxylic acids is 1. The first-order valence-electron chi connectivity index (χ1n) is 7.81. The predicted molar refractivity (Wildman–Crippen MR) is 89.3 cm³/mol. The van der Waals surface area contributed by atoms with Crippen LogP contribution in [0.25, 0.3) is 0 Å². The fraction of sp³-hybridized carbons (Fsp3) is 0.444. The van der Waals surface area contributed by atoms with Gasteiger partial charge in [-0.2, -0.15) is 5.10 Å². The van der Waals surface area contributed by atoms with Crippen LogP contribution in [-0.2, 0) is 4.79 Å². The maximum atomic E-state index is 11.6. The highest BCUT2D eigenvalue weighted by Gasteiger charge is 1.99. The van der Waals surface area contributed by atoms with Crippen LogP contribution in [0, 0.1) is 0 Å². The lowest BCUT2D eigenvalue weighted by Gasteiger charge is -2.01. The molecule has 0 saturated heterocycles. The van der Waals surface area contributed by atoms with E-state index in [9.17, 15) is 4.79 Å². The van der Waals surface area contributed by atoms with Gasteiger partial charge in [0.2, 0.25) is 5.91 Å². The number of benzene rings is 1. The van der Waals surface area contributed by atoms with Crippen molar-refractivity contribution in [3.05, 3.63) is 48.6 Å². The van der Waals surface area contributed by atoms with Gasteiger partial charge in [-0.1, -0.05) is 62.1 Å². The van der Waals surface area contributed by atoms with Gasteiger partial charge in [0.05, 0.1) is 6.21 Å². The molecule has 0 aliphatic heterocycles. The number of carbonyl (C=O) groups is 1. The fourth-order valence-electron chi connectivity index (χ4n) is 2.06. The molecule has 0 atom stereocenters. The highest BCUT2D eigenvalue weighted by Crippen LogP contribution is 2.08. The lowest BCUT2D eigenvalue weighted by molar-refractivity contribution is -0.121. The van der Waals surface area contributed by atoms with Gasteiger partial charge in [-0.3, -0.25) is 4.79 Å². The molecule has 0 fully saturated rings. The number of allylic oxidation sites excluding steroid dienone is 1. The summed E-state index contributed by atoms with van der Waals surface area (Å²) in [6.07, 6.45) is 12.3. The van der Waals surface area contributed by atoms with Crippen LogP contribution in [-0.4, -0.2) is 12.1 Å². The lowest BCUT2D eigenvalue weighted by Crippen LogP contribution is -2.16. The minimum absolute atomic E-state index is 0.00571. The second kappa shape index (κ2) is 11.9. The molecule has 3 nitrogen and oxygen atoms in total. The van der Waals surface area contributed by atoms with Crippen LogP contribution in [0.4, 0.5) is 0 Å². The van der Waals surface area contributed by atoms with Crippen molar-refractivity contribution < 1.29 is 4.79 Å². The summed E-state index contributed by atoms with van der Waals surface area (Å²) in [7, 11) is 0. The van der Waals surface area contributed by atoms with E-state index in [2.05, 4.69) is 17.1 Å². The molecule has 0 aliphatic carbocycles. The highest BCUT2D eigenvalue weighted by atomic mass is 16.2. The average Bonchev–Trinajstić information content (AvgIpc) is 2.51. The summed E-state index contributed by atoms with van der Waals surface area (Å²) in [4.78, 5) is 11.6. The first kappa shape index (κ1) is 17.2. The largest absolute Gasteiger partial charge is 0.273 e. The standard InChI is InChI=1S/C18H26N2O/c1-2-3-4-5-6-7-8-12-15-18(21)20-19-16-17-13-10-9-11-14-17/h2,9-11,13-14,16H,1,3-8,12,15H2,(H,20,21). The van der Waals surface area contributed by atoms with Gasteiger partial charge >= 0.3 is 0 Å². The van der Waals surface area contributed by atoms with Crippen molar-refractivity contribution in [1.82, 2.24) is 5.43 Å². The van der Waals surface area contributed by atoms with E-state index in [1.165, 1.54) is 25.7 Å². The molecular weight excluding hydrogens is 260 g/mol. The molecule has 0 aromatic heterocycles. The third-order valence-electron chi connectivity index (χ3n) is 3.26. The first-order valence-corrected chi connectivity index (χ1v) is 7.81. The quantitative estimate of drug-likeness (QED) is 0.278. The molecule has 0 saturated carbocycles. The van der Waals surface area contributed by atoms with E-state index in [-0.39, 0.29) is 5.91 Å². The van der Waals surface area contributed by atoms with Gasteiger partial charge in [-0.15, -0.1) is 6.58 Å². The van der Waals surface area contributed by atoms with Crippen LogP contribution in [0.1, 0.15) is 56.9 Å². The summed E-state index contributed by atoms with van der Waals surface area (Å²) >= 11 is 0. The Morgan fingerprint density at radius 3 is 2.43 bits per heavy atom. The molecule has 1 aromatic rings. The molecule has 1 aromatic carbocycles. The zero-order chi connectivity index (χ0) is 15.2. The van der Waals surface area contributed by atoms with E-state index in [0.29, 0.717) is 6.42 Å². The van der Waals surface area contributed by atoms with Crippen molar-refractivity contribution in [2.24, 2.45) is 5.10 Å². The number of nitrogens with zero attached hydrogens (tertiary/aromatic N) is 1. The summed E-state index contributed by atoms with van der Waals surface area (Å²) in [6, 6.07) is 9.73. The predicted octanol–water partition coefficient (Wildman–Crippen LogP) is 4.44. The molecule has 0 aliphatic rings. The van der Waals surface area contributed by atoms with Crippen molar-refractivity contribution in [2.45, 2.75) is 51.4 Å². The Balaban J connectivity index is 1.99. The van der Waals surface area contributed by atoms with Gasteiger partial charge in [-0.25, -0.2) is 5.43 Å². The molecule has 1 rings (SSSR count). The minimum atomic E-state index is -0.00571. The Morgan fingerprint density at radius 1 is 1.05 bits per heavy atom. The highest BCUT2D eigenvalue weighted by molar-refractivity contribution is 5.82. The number of hydrazone groups is 1. The van der Waals surface area contributed by atoms with Gasteiger partial charge < -0.3 is 0 Å². The Labute approximate surface area is 128 Å². The second-order valence-electron chi connectivity index (χ2n) is 5.15. The number of unbranched alkanes of at least 4 members (excludes halogenated alkanes) is 6. The third-order valence-corrected chi connectivity index (χ3v) is 3.26. The number of hydrogen-bond acceptors (Lipinski definition) is 2. The van der Waals surface area contributed by atoms with Gasteiger partial charge in [0.1, 0.15) is 0 Å². The van der Waals surface area contributed by atoms with Crippen LogP contribution in [0.3, 0.4) is 0 Å². The van der Waals surface area contributed by atoms with Gasteiger partial charge in [0.15, 0.2) is 0 Å². The number of hydrogen-bond donors (Lipinski definition) is 1. The molecule has 0 unspecified atom stereocenters. The fourth-order valence-corrected chi connectivity index (χ4v) is 2.06. The molecule has 3 heteroatoms. The minimum Gasteiger partial charge on any atom is -0.273 e. The third kappa shape index (κ3) is 9.61. The van der Waals surface area contributed by atoms with E-state index >= 15 is 0 Å². The number of amides is 1.